The monoisotopic (exact) mass is 432 g/mol. The van der Waals surface area contributed by atoms with Crippen LogP contribution in [0.1, 0.15) is 36.2 Å². The number of hydrogen-bond acceptors (Lipinski definition) is 4. The van der Waals surface area contributed by atoms with Gasteiger partial charge in [0.1, 0.15) is 0 Å². The van der Waals surface area contributed by atoms with E-state index in [1.165, 1.54) is 43.2 Å². The van der Waals surface area contributed by atoms with E-state index in [1.54, 1.807) is 0 Å². The molecule has 1 fully saturated rings. The molecular weight excluding hydrogens is 409 g/mol. The molecule has 30 heavy (non-hydrogen) atoms. The Bertz CT molecular complexity index is 949. The summed E-state index contributed by atoms with van der Waals surface area (Å²) in [4.78, 5) is 2.40. The molecule has 1 aromatic heterocycles. The van der Waals surface area contributed by atoms with Crippen LogP contribution in [0.15, 0.2) is 59.8 Å². The number of hydrogen-bond donors (Lipinski definition) is 0. The zero-order valence-electron chi connectivity index (χ0n) is 16.5. The number of piperidine rings is 1. The Morgan fingerprint density at radius 1 is 0.867 bits per heavy atom. The van der Waals surface area contributed by atoms with Crippen molar-refractivity contribution in [3.05, 3.63) is 71.5 Å². The lowest BCUT2D eigenvalue weighted by atomic mass is 10.1. The third kappa shape index (κ3) is 5.05. The van der Waals surface area contributed by atoms with E-state index in [1.807, 2.05) is 30.3 Å². The van der Waals surface area contributed by atoms with Gasteiger partial charge in [0.25, 0.3) is 0 Å². The first-order valence-corrected chi connectivity index (χ1v) is 11.0. The number of halogens is 3. The smallest absolute Gasteiger partial charge is 0.296 e. The maximum atomic E-state index is 12.8. The largest absolute Gasteiger partial charge is 0.416 e. The summed E-state index contributed by atoms with van der Waals surface area (Å²) < 4.78 is 40.4. The van der Waals surface area contributed by atoms with Crippen LogP contribution in [0.5, 0.6) is 0 Å². The fraction of sp³-hybridized carbons (Fsp3) is 0.364. The maximum absolute atomic E-state index is 12.8. The van der Waals surface area contributed by atoms with Crippen LogP contribution in [0.25, 0.3) is 5.69 Å². The average Bonchev–Trinajstić information content (AvgIpc) is 3.15. The normalized spacial score (nSPS) is 15.4. The minimum Gasteiger partial charge on any atom is -0.296 e. The summed E-state index contributed by atoms with van der Waals surface area (Å²) in [6.07, 6.45) is -0.636. The molecule has 0 atom stereocenters. The van der Waals surface area contributed by atoms with Gasteiger partial charge in [-0.15, -0.1) is 10.2 Å². The van der Waals surface area contributed by atoms with E-state index < -0.39 is 11.7 Å². The highest BCUT2D eigenvalue weighted by molar-refractivity contribution is 7.98. The van der Waals surface area contributed by atoms with Gasteiger partial charge in [0, 0.05) is 11.4 Å². The Hall–Kier alpha value is -2.32. The molecule has 4 nitrogen and oxygen atoms in total. The number of nitrogens with zero attached hydrogens (tertiary/aromatic N) is 4. The second-order valence-electron chi connectivity index (χ2n) is 7.39. The van der Waals surface area contributed by atoms with Crippen molar-refractivity contribution in [1.82, 2.24) is 19.7 Å². The van der Waals surface area contributed by atoms with Gasteiger partial charge in [0.05, 0.1) is 12.1 Å². The van der Waals surface area contributed by atoms with Crippen molar-refractivity contribution in [3.63, 3.8) is 0 Å². The number of thioether (sulfide) groups is 1. The zero-order valence-corrected chi connectivity index (χ0v) is 17.3. The lowest BCUT2D eigenvalue weighted by Gasteiger charge is -2.26. The van der Waals surface area contributed by atoms with Crippen LogP contribution in [0.4, 0.5) is 13.2 Å². The van der Waals surface area contributed by atoms with Crippen LogP contribution >= 0.6 is 11.8 Å². The molecule has 2 aromatic carbocycles. The van der Waals surface area contributed by atoms with Crippen LogP contribution in [-0.2, 0) is 18.5 Å². The van der Waals surface area contributed by atoms with Crippen LogP contribution < -0.4 is 0 Å². The summed E-state index contributed by atoms with van der Waals surface area (Å²) in [5.74, 6) is 1.41. The number of benzene rings is 2. The molecule has 0 amide bonds. The molecule has 1 aliphatic rings. The Morgan fingerprint density at radius 2 is 1.57 bits per heavy atom. The fourth-order valence-corrected chi connectivity index (χ4v) is 4.51. The molecular formula is C22H23F3N4S. The predicted octanol–water partition coefficient (Wildman–Crippen LogP) is 5.56. The lowest BCUT2D eigenvalue weighted by molar-refractivity contribution is -0.137. The molecule has 1 saturated heterocycles. The number of para-hydroxylation sites is 1. The summed E-state index contributed by atoms with van der Waals surface area (Å²) >= 11 is 1.48. The topological polar surface area (TPSA) is 34.0 Å². The minimum absolute atomic E-state index is 0.521. The van der Waals surface area contributed by atoms with Gasteiger partial charge in [0.2, 0.25) is 0 Å². The van der Waals surface area contributed by atoms with Crippen LogP contribution in [0.3, 0.4) is 0 Å². The van der Waals surface area contributed by atoms with Gasteiger partial charge < -0.3 is 0 Å². The van der Waals surface area contributed by atoms with E-state index in [0.29, 0.717) is 5.75 Å². The van der Waals surface area contributed by atoms with E-state index in [2.05, 4.69) is 19.7 Å². The van der Waals surface area contributed by atoms with Crippen LogP contribution in [0, 0.1) is 0 Å². The summed E-state index contributed by atoms with van der Waals surface area (Å²) in [6.45, 7) is 2.87. The Balaban J connectivity index is 1.53. The highest BCUT2D eigenvalue weighted by atomic mass is 32.2. The lowest BCUT2D eigenvalue weighted by Crippen LogP contribution is -2.30. The molecule has 0 bridgehead atoms. The molecule has 2 heterocycles. The Kier molecular flexibility index (Phi) is 6.43. The summed E-state index contributed by atoms with van der Waals surface area (Å²) in [7, 11) is 0. The Labute approximate surface area is 178 Å². The zero-order chi connectivity index (χ0) is 21.0. The van der Waals surface area contributed by atoms with Crippen molar-refractivity contribution < 1.29 is 13.2 Å². The molecule has 8 heteroatoms. The predicted molar refractivity (Wildman–Crippen MR) is 111 cm³/mol. The molecule has 1 aliphatic heterocycles. The first-order valence-electron chi connectivity index (χ1n) is 10.0. The quantitative estimate of drug-likeness (QED) is 0.477. The van der Waals surface area contributed by atoms with E-state index in [4.69, 9.17) is 0 Å². The van der Waals surface area contributed by atoms with Gasteiger partial charge in [0.15, 0.2) is 11.0 Å². The van der Waals surface area contributed by atoms with Gasteiger partial charge in [-0.3, -0.25) is 9.47 Å². The molecule has 158 valence electrons. The molecule has 0 saturated carbocycles. The van der Waals surface area contributed by atoms with E-state index >= 15 is 0 Å². The first kappa shape index (κ1) is 20.9. The van der Waals surface area contributed by atoms with Crippen molar-refractivity contribution in [2.75, 3.05) is 13.1 Å². The van der Waals surface area contributed by atoms with Gasteiger partial charge in [-0.05, 0) is 55.8 Å². The third-order valence-corrected chi connectivity index (χ3v) is 6.18. The average molecular weight is 433 g/mol. The fourth-order valence-electron chi connectivity index (χ4n) is 3.59. The summed E-state index contributed by atoms with van der Waals surface area (Å²) in [5, 5.41) is 9.59. The molecule has 3 aromatic rings. The maximum Gasteiger partial charge on any atom is 0.416 e. The molecule has 0 unspecified atom stereocenters. The number of aromatic nitrogens is 3. The highest BCUT2D eigenvalue weighted by Crippen LogP contribution is 2.31. The Morgan fingerprint density at radius 3 is 2.23 bits per heavy atom. The SMILES string of the molecule is FC(F)(F)c1ccc(CSc2nnc(CN3CCCCC3)n2-c2ccccc2)cc1. The second kappa shape index (κ2) is 9.22. The molecule has 0 N–H and O–H groups in total. The summed E-state index contributed by atoms with van der Waals surface area (Å²) in [6, 6.07) is 15.2. The van der Waals surface area contributed by atoms with Gasteiger partial charge in [-0.2, -0.15) is 13.2 Å². The third-order valence-electron chi connectivity index (χ3n) is 5.18. The van der Waals surface area contributed by atoms with Crippen molar-refractivity contribution in [1.29, 1.82) is 0 Å². The van der Waals surface area contributed by atoms with E-state index in [-0.39, 0.29) is 0 Å². The van der Waals surface area contributed by atoms with Crippen molar-refractivity contribution in [3.8, 4) is 5.69 Å². The van der Waals surface area contributed by atoms with Crippen LogP contribution in [-0.4, -0.2) is 32.8 Å². The van der Waals surface area contributed by atoms with Crippen molar-refractivity contribution in [2.24, 2.45) is 0 Å². The first-order chi connectivity index (χ1) is 14.5. The molecule has 0 spiro atoms. The van der Waals surface area contributed by atoms with E-state index in [9.17, 15) is 13.2 Å². The van der Waals surface area contributed by atoms with Gasteiger partial charge >= 0.3 is 6.18 Å². The van der Waals surface area contributed by atoms with Crippen LogP contribution in [0.2, 0.25) is 0 Å². The molecule has 0 radical (unpaired) electrons. The minimum atomic E-state index is -4.32. The van der Waals surface area contributed by atoms with Crippen molar-refractivity contribution in [2.45, 2.75) is 42.9 Å². The standard InChI is InChI=1S/C22H23F3N4S/c23-22(24,25)18-11-9-17(10-12-18)16-30-21-27-26-20(15-28-13-5-2-6-14-28)29(21)19-7-3-1-4-8-19/h1,3-4,7-12H,2,5-6,13-16H2. The molecule has 4 rings (SSSR count). The van der Waals surface area contributed by atoms with Gasteiger partial charge in [-0.1, -0.05) is 48.5 Å². The number of alkyl halides is 3. The van der Waals surface area contributed by atoms with E-state index in [0.717, 1.165) is 54.0 Å². The summed E-state index contributed by atoms with van der Waals surface area (Å²) in [5.41, 5.74) is 1.17. The van der Waals surface area contributed by atoms with Gasteiger partial charge in [-0.25, -0.2) is 0 Å². The van der Waals surface area contributed by atoms with Crippen molar-refractivity contribution >= 4 is 11.8 Å². The highest BCUT2D eigenvalue weighted by Gasteiger charge is 2.30. The number of rotatable bonds is 6. The second-order valence-corrected chi connectivity index (χ2v) is 8.33. The molecule has 0 aliphatic carbocycles. The number of likely N-dealkylation sites (tertiary alicyclic amines) is 1.